The second-order valence-electron chi connectivity index (χ2n) is 5.68. The first-order valence-electron chi connectivity index (χ1n) is 7.43. The van der Waals surface area contributed by atoms with Gasteiger partial charge in [0.1, 0.15) is 0 Å². The summed E-state index contributed by atoms with van der Waals surface area (Å²) < 4.78 is 0. The number of nitriles is 1. The minimum absolute atomic E-state index is 0.374. The third-order valence-electron chi connectivity index (χ3n) is 4.46. The Bertz CT molecular complexity index is 553. The second-order valence-corrected chi connectivity index (χ2v) is 5.68. The van der Waals surface area contributed by atoms with E-state index < -0.39 is 0 Å². The normalized spacial score (nSPS) is 22.4. The number of anilines is 1. The predicted octanol–water partition coefficient (Wildman–Crippen LogP) is 3.72. The number of hydrogen-bond donors (Lipinski definition) is 1. The highest BCUT2D eigenvalue weighted by molar-refractivity contribution is 5.52. The first kappa shape index (κ1) is 13.1. The number of fused-ring (bicyclic) bond motifs is 1. The summed E-state index contributed by atoms with van der Waals surface area (Å²) in [6.45, 7) is 0.887. The summed E-state index contributed by atoms with van der Waals surface area (Å²) in [5.41, 5.74) is 3.53. The number of benzene rings is 1. The van der Waals surface area contributed by atoms with Gasteiger partial charge in [0.05, 0.1) is 24.3 Å². The van der Waals surface area contributed by atoms with Crippen molar-refractivity contribution in [3.05, 3.63) is 41.2 Å². The summed E-state index contributed by atoms with van der Waals surface area (Å²) in [5, 5.41) is 18.8. The van der Waals surface area contributed by atoms with Crippen molar-refractivity contribution in [3.63, 3.8) is 0 Å². The molecule has 20 heavy (non-hydrogen) atoms. The smallest absolute Gasteiger partial charge is 0.0952 e. The molecule has 0 saturated heterocycles. The van der Waals surface area contributed by atoms with E-state index in [1.807, 2.05) is 12.1 Å². The SMILES string of the molecule is N#CCc1ccc(N2CCC(O)=C3CCCC[C@H]32)cc1. The Kier molecular flexibility index (Phi) is 3.64. The van der Waals surface area contributed by atoms with Crippen molar-refractivity contribution in [2.45, 2.75) is 44.6 Å². The Morgan fingerprint density at radius 1 is 1.20 bits per heavy atom. The summed E-state index contributed by atoms with van der Waals surface area (Å²) in [7, 11) is 0. The fraction of sp³-hybridized carbons (Fsp3) is 0.471. The highest BCUT2D eigenvalue weighted by atomic mass is 16.3. The third-order valence-corrected chi connectivity index (χ3v) is 4.46. The van der Waals surface area contributed by atoms with Crippen molar-refractivity contribution in [2.24, 2.45) is 0 Å². The molecule has 1 aromatic carbocycles. The van der Waals surface area contributed by atoms with Gasteiger partial charge in [-0.25, -0.2) is 0 Å². The van der Waals surface area contributed by atoms with Crippen LogP contribution in [0.4, 0.5) is 5.69 Å². The average molecular weight is 268 g/mol. The molecule has 1 atom stereocenters. The van der Waals surface area contributed by atoms with E-state index in [1.54, 1.807) is 0 Å². The van der Waals surface area contributed by atoms with Crippen LogP contribution in [-0.2, 0) is 6.42 Å². The molecule has 0 aromatic heterocycles. The summed E-state index contributed by atoms with van der Waals surface area (Å²) >= 11 is 0. The van der Waals surface area contributed by atoms with Gasteiger partial charge in [-0.2, -0.15) is 5.26 Å². The van der Waals surface area contributed by atoms with Crippen molar-refractivity contribution < 1.29 is 5.11 Å². The molecule has 1 aromatic rings. The Labute approximate surface area is 120 Å². The summed E-state index contributed by atoms with van der Waals surface area (Å²) in [6.07, 6.45) is 5.84. The van der Waals surface area contributed by atoms with E-state index in [2.05, 4.69) is 23.1 Å². The lowest BCUT2D eigenvalue weighted by molar-refractivity contribution is 0.338. The molecule has 1 aliphatic carbocycles. The van der Waals surface area contributed by atoms with Crippen LogP contribution in [0, 0.1) is 11.3 Å². The molecule has 1 N–H and O–H groups in total. The topological polar surface area (TPSA) is 47.3 Å². The molecule has 1 saturated carbocycles. The maximum Gasteiger partial charge on any atom is 0.0952 e. The van der Waals surface area contributed by atoms with Gasteiger partial charge in [0.25, 0.3) is 0 Å². The summed E-state index contributed by atoms with van der Waals surface area (Å²) in [6, 6.07) is 10.9. The van der Waals surface area contributed by atoms with Crippen LogP contribution in [0.5, 0.6) is 0 Å². The molecule has 1 fully saturated rings. The van der Waals surface area contributed by atoms with E-state index in [0.29, 0.717) is 18.2 Å². The van der Waals surface area contributed by atoms with Gasteiger partial charge in [-0.1, -0.05) is 18.6 Å². The number of hydrogen-bond acceptors (Lipinski definition) is 3. The Morgan fingerprint density at radius 3 is 2.75 bits per heavy atom. The van der Waals surface area contributed by atoms with Gasteiger partial charge in [0, 0.05) is 18.7 Å². The molecule has 1 heterocycles. The molecule has 2 aliphatic rings. The highest BCUT2D eigenvalue weighted by Gasteiger charge is 2.31. The van der Waals surface area contributed by atoms with Crippen LogP contribution in [0.25, 0.3) is 0 Å². The standard InChI is InChI=1S/C17H20N2O/c18-11-9-13-5-7-14(8-6-13)19-12-10-17(20)15-3-1-2-4-16(15)19/h5-8,16,20H,1-4,9-10,12H2/t16-/m1/s1. The van der Waals surface area contributed by atoms with Gasteiger partial charge < -0.3 is 10.0 Å². The molecule has 1 aliphatic heterocycles. The average Bonchev–Trinajstić information content (AvgIpc) is 2.49. The monoisotopic (exact) mass is 268 g/mol. The van der Waals surface area contributed by atoms with Crippen LogP contribution in [-0.4, -0.2) is 17.7 Å². The quantitative estimate of drug-likeness (QED) is 0.889. The zero-order valence-corrected chi connectivity index (χ0v) is 11.7. The van der Waals surface area contributed by atoms with Gasteiger partial charge in [-0.3, -0.25) is 0 Å². The van der Waals surface area contributed by atoms with Crippen LogP contribution in [0.1, 0.15) is 37.7 Å². The molecule has 0 radical (unpaired) electrons. The number of rotatable bonds is 2. The van der Waals surface area contributed by atoms with Crippen LogP contribution in [0.3, 0.4) is 0 Å². The summed E-state index contributed by atoms with van der Waals surface area (Å²) in [4.78, 5) is 2.42. The highest BCUT2D eigenvalue weighted by Crippen LogP contribution is 2.36. The molecule has 3 nitrogen and oxygen atoms in total. The fourth-order valence-electron chi connectivity index (χ4n) is 3.42. The lowest BCUT2D eigenvalue weighted by Crippen LogP contribution is -2.43. The van der Waals surface area contributed by atoms with E-state index in [1.165, 1.54) is 24.1 Å². The molecule has 0 bridgehead atoms. The molecule has 0 unspecified atom stereocenters. The van der Waals surface area contributed by atoms with E-state index in [0.717, 1.165) is 31.4 Å². The Balaban J connectivity index is 1.85. The predicted molar refractivity (Wildman–Crippen MR) is 79.6 cm³/mol. The molecule has 3 rings (SSSR count). The lowest BCUT2D eigenvalue weighted by Gasteiger charge is -2.41. The minimum atomic E-state index is 0.374. The van der Waals surface area contributed by atoms with Crippen LogP contribution >= 0.6 is 0 Å². The minimum Gasteiger partial charge on any atom is -0.512 e. The Morgan fingerprint density at radius 2 is 2.00 bits per heavy atom. The Hall–Kier alpha value is -1.95. The molecular formula is C17H20N2O. The van der Waals surface area contributed by atoms with Crippen molar-refractivity contribution in [1.29, 1.82) is 5.26 Å². The maximum atomic E-state index is 10.1. The third kappa shape index (κ3) is 2.38. The van der Waals surface area contributed by atoms with E-state index in [4.69, 9.17) is 5.26 Å². The largest absolute Gasteiger partial charge is 0.512 e. The van der Waals surface area contributed by atoms with Crippen molar-refractivity contribution in [3.8, 4) is 6.07 Å². The molecular weight excluding hydrogens is 248 g/mol. The van der Waals surface area contributed by atoms with Crippen LogP contribution < -0.4 is 4.90 Å². The molecule has 3 heteroatoms. The fourth-order valence-corrected chi connectivity index (χ4v) is 3.42. The maximum absolute atomic E-state index is 10.1. The van der Waals surface area contributed by atoms with Gasteiger partial charge in [0.15, 0.2) is 0 Å². The molecule has 0 amide bonds. The number of aliphatic hydroxyl groups is 1. The van der Waals surface area contributed by atoms with E-state index in [-0.39, 0.29) is 0 Å². The van der Waals surface area contributed by atoms with Gasteiger partial charge in [-0.15, -0.1) is 0 Å². The first-order valence-corrected chi connectivity index (χ1v) is 7.43. The number of aliphatic hydroxyl groups excluding tert-OH is 1. The van der Waals surface area contributed by atoms with Gasteiger partial charge in [-0.05, 0) is 42.5 Å². The number of nitrogens with zero attached hydrogens (tertiary/aromatic N) is 2. The zero-order valence-electron chi connectivity index (χ0n) is 11.7. The van der Waals surface area contributed by atoms with Crippen molar-refractivity contribution in [2.75, 3.05) is 11.4 Å². The van der Waals surface area contributed by atoms with Gasteiger partial charge >= 0.3 is 0 Å². The van der Waals surface area contributed by atoms with Crippen LogP contribution in [0.2, 0.25) is 0 Å². The van der Waals surface area contributed by atoms with E-state index in [9.17, 15) is 5.11 Å². The van der Waals surface area contributed by atoms with Crippen molar-refractivity contribution in [1.82, 2.24) is 0 Å². The molecule has 104 valence electrons. The molecule has 0 spiro atoms. The lowest BCUT2D eigenvalue weighted by atomic mass is 9.84. The van der Waals surface area contributed by atoms with Gasteiger partial charge in [0.2, 0.25) is 0 Å². The summed E-state index contributed by atoms with van der Waals surface area (Å²) in [5.74, 6) is 0.632. The second kappa shape index (κ2) is 5.58. The zero-order chi connectivity index (χ0) is 13.9. The van der Waals surface area contributed by atoms with E-state index >= 15 is 0 Å². The van der Waals surface area contributed by atoms with Crippen LogP contribution in [0.15, 0.2) is 35.6 Å². The van der Waals surface area contributed by atoms with Crippen molar-refractivity contribution >= 4 is 5.69 Å². The first-order chi connectivity index (χ1) is 9.79.